The normalized spacial score (nSPS) is 25.8. The van der Waals surface area contributed by atoms with Crippen LogP contribution in [0.15, 0.2) is 30.3 Å². The largest absolute Gasteiger partial charge is 0.347 e. The highest BCUT2D eigenvalue weighted by Crippen LogP contribution is 2.23. The first-order valence-corrected chi connectivity index (χ1v) is 6.17. The highest BCUT2D eigenvalue weighted by molar-refractivity contribution is 6.23. The standard InChI is InChI=1S/C12H12Cl2O3/c13-9(12-16-7-11(14)17-12)6-10(15)8-4-2-1-3-5-8/h1-5,9,11-12H,6-7H2. The van der Waals surface area contributed by atoms with Crippen molar-refractivity contribution in [1.29, 1.82) is 0 Å². The van der Waals surface area contributed by atoms with Gasteiger partial charge in [-0.05, 0) is 0 Å². The zero-order chi connectivity index (χ0) is 12.3. The quantitative estimate of drug-likeness (QED) is 0.626. The monoisotopic (exact) mass is 274 g/mol. The summed E-state index contributed by atoms with van der Waals surface area (Å²) in [7, 11) is 0. The van der Waals surface area contributed by atoms with Crippen molar-refractivity contribution >= 4 is 29.0 Å². The van der Waals surface area contributed by atoms with Crippen LogP contribution < -0.4 is 0 Å². The summed E-state index contributed by atoms with van der Waals surface area (Å²) in [6.07, 6.45) is -0.438. The van der Waals surface area contributed by atoms with Gasteiger partial charge in [0.1, 0.15) is 0 Å². The Morgan fingerprint density at radius 1 is 1.41 bits per heavy atom. The topological polar surface area (TPSA) is 35.5 Å². The van der Waals surface area contributed by atoms with Gasteiger partial charge in [0.25, 0.3) is 0 Å². The molecule has 0 amide bonds. The van der Waals surface area contributed by atoms with Gasteiger partial charge in [0.05, 0.1) is 12.0 Å². The molecule has 0 saturated carbocycles. The van der Waals surface area contributed by atoms with E-state index in [1.807, 2.05) is 18.2 Å². The second-order valence-corrected chi connectivity index (χ2v) is 4.80. The van der Waals surface area contributed by atoms with E-state index >= 15 is 0 Å². The fraction of sp³-hybridized carbons (Fsp3) is 0.417. The molecule has 0 N–H and O–H groups in total. The summed E-state index contributed by atoms with van der Waals surface area (Å²) >= 11 is 11.8. The van der Waals surface area contributed by atoms with Crippen LogP contribution >= 0.6 is 23.2 Å². The maximum Gasteiger partial charge on any atom is 0.176 e. The van der Waals surface area contributed by atoms with Crippen molar-refractivity contribution in [2.45, 2.75) is 23.7 Å². The first kappa shape index (κ1) is 12.8. The zero-order valence-corrected chi connectivity index (χ0v) is 10.5. The number of alkyl halides is 2. The molecule has 0 bridgehead atoms. The van der Waals surface area contributed by atoms with Crippen LogP contribution in [0.5, 0.6) is 0 Å². The molecule has 5 heteroatoms. The SMILES string of the molecule is O=C(CC(Cl)C1OCC(Cl)O1)c1ccccc1. The molecule has 3 unspecified atom stereocenters. The molecule has 1 heterocycles. The van der Waals surface area contributed by atoms with Crippen molar-refractivity contribution in [2.75, 3.05) is 6.61 Å². The average Bonchev–Trinajstić information content (AvgIpc) is 2.77. The summed E-state index contributed by atoms with van der Waals surface area (Å²) < 4.78 is 10.4. The van der Waals surface area contributed by atoms with Crippen LogP contribution in [0.3, 0.4) is 0 Å². The van der Waals surface area contributed by atoms with Crippen LogP contribution in [0.4, 0.5) is 0 Å². The lowest BCUT2D eigenvalue weighted by atomic mass is 10.1. The van der Waals surface area contributed by atoms with Gasteiger partial charge >= 0.3 is 0 Å². The lowest BCUT2D eigenvalue weighted by molar-refractivity contribution is -0.0481. The van der Waals surface area contributed by atoms with Crippen molar-refractivity contribution in [3.8, 4) is 0 Å². The minimum Gasteiger partial charge on any atom is -0.347 e. The van der Waals surface area contributed by atoms with Gasteiger partial charge in [-0.1, -0.05) is 41.9 Å². The average molecular weight is 275 g/mol. The molecule has 0 radical (unpaired) electrons. The van der Waals surface area contributed by atoms with Crippen molar-refractivity contribution in [3.05, 3.63) is 35.9 Å². The van der Waals surface area contributed by atoms with Gasteiger partial charge < -0.3 is 9.47 Å². The van der Waals surface area contributed by atoms with E-state index in [4.69, 9.17) is 32.7 Å². The van der Waals surface area contributed by atoms with Gasteiger partial charge in [-0.2, -0.15) is 0 Å². The Balaban J connectivity index is 1.91. The third-order valence-electron chi connectivity index (χ3n) is 2.44. The number of hydrogen-bond donors (Lipinski definition) is 0. The molecule has 1 aliphatic heterocycles. The molecule has 2 rings (SSSR count). The van der Waals surface area contributed by atoms with Gasteiger partial charge in [0.15, 0.2) is 17.6 Å². The van der Waals surface area contributed by atoms with Crippen LogP contribution in [0.1, 0.15) is 16.8 Å². The van der Waals surface area contributed by atoms with E-state index in [1.54, 1.807) is 12.1 Å². The number of rotatable bonds is 4. The Kier molecular flexibility index (Phi) is 4.40. The van der Waals surface area contributed by atoms with Gasteiger partial charge in [-0.25, -0.2) is 0 Å². The number of benzene rings is 1. The van der Waals surface area contributed by atoms with Crippen LogP contribution in [0.2, 0.25) is 0 Å². The Morgan fingerprint density at radius 2 is 2.12 bits per heavy atom. The Morgan fingerprint density at radius 3 is 2.71 bits per heavy atom. The first-order valence-electron chi connectivity index (χ1n) is 5.30. The predicted molar refractivity (Wildman–Crippen MR) is 65.5 cm³/mol. The number of carbonyl (C=O) groups is 1. The zero-order valence-electron chi connectivity index (χ0n) is 9.01. The molecular formula is C12H12Cl2O3. The second-order valence-electron chi connectivity index (χ2n) is 3.76. The van der Waals surface area contributed by atoms with E-state index in [9.17, 15) is 4.79 Å². The van der Waals surface area contributed by atoms with E-state index in [0.717, 1.165) is 0 Å². The van der Waals surface area contributed by atoms with E-state index in [0.29, 0.717) is 12.2 Å². The van der Waals surface area contributed by atoms with E-state index in [-0.39, 0.29) is 12.2 Å². The highest BCUT2D eigenvalue weighted by atomic mass is 35.5. The smallest absolute Gasteiger partial charge is 0.176 e. The van der Waals surface area contributed by atoms with Gasteiger partial charge in [-0.3, -0.25) is 4.79 Å². The number of halogens is 2. The molecule has 1 saturated heterocycles. The Hall–Kier alpha value is -0.610. The third kappa shape index (κ3) is 3.42. The predicted octanol–water partition coefficient (Wildman–Crippen LogP) is 2.80. The van der Waals surface area contributed by atoms with Crippen LogP contribution in [-0.4, -0.2) is 29.6 Å². The molecule has 17 heavy (non-hydrogen) atoms. The molecule has 3 nitrogen and oxygen atoms in total. The van der Waals surface area contributed by atoms with Gasteiger partial charge in [0.2, 0.25) is 0 Å². The van der Waals surface area contributed by atoms with Crippen molar-refractivity contribution in [3.63, 3.8) is 0 Å². The summed E-state index contributed by atoms with van der Waals surface area (Å²) in [6.45, 7) is 0.301. The Bertz CT molecular complexity index is 383. The lowest BCUT2D eigenvalue weighted by Crippen LogP contribution is -2.25. The van der Waals surface area contributed by atoms with Crippen LogP contribution in [0.25, 0.3) is 0 Å². The number of Topliss-reactive ketones (excluding diaryl/α,β-unsaturated/α-hetero) is 1. The summed E-state index contributed by atoms with van der Waals surface area (Å²) in [5.41, 5.74) is 0.159. The fourth-order valence-corrected chi connectivity index (χ4v) is 2.05. The maximum atomic E-state index is 11.9. The summed E-state index contributed by atoms with van der Waals surface area (Å²) in [5.74, 6) is -0.0316. The fourth-order valence-electron chi connectivity index (χ4n) is 1.60. The minimum atomic E-state index is -0.605. The molecule has 0 aliphatic carbocycles. The number of carbonyl (C=O) groups excluding carboxylic acids is 1. The second kappa shape index (κ2) is 5.83. The summed E-state index contributed by atoms with van der Waals surface area (Å²) in [6, 6.07) is 9.00. The van der Waals surface area contributed by atoms with E-state index in [2.05, 4.69) is 0 Å². The molecule has 1 aromatic carbocycles. The van der Waals surface area contributed by atoms with Crippen molar-refractivity contribution < 1.29 is 14.3 Å². The molecule has 3 atom stereocenters. The Labute approximate surface area is 110 Å². The molecule has 1 aliphatic rings. The number of ketones is 1. The first-order chi connectivity index (χ1) is 8.16. The van der Waals surface area contributed by atoms with Gasteiger partial charge in [0, 0.05) is 12.0 Å². The molecule has 92 valence electrons. The number of ether oxygens (including phenoxy) is 2. The lowest BCUT2D eigenvalue weighted by Gasteiger charge is -2.15. The molecule has 0 aromatic heterocycles. The van der Waals surface area contributed by atoms with Gasteiger partial charge in [-0.15, -0.1) is 11.6 Å². The number of hydrogen-bond acceptors (Lipinski definition) is 3. The summed E-state index contributed by atoms with van der Waals surface area (Å²) in [5, 5.41) is -0.522. The van der Waals surface area contributed by atoms with E-state index < -0.39 is 17.2 Å². The maximum absolute atomic E-state index is 11.9. The van der Waals surface area contributed by atoms with Crippen molar-refractivity contribution in [1.82, 2.24) is 0 Å². The van der Waals surface area contributed by atoms with E-state index in [1.165, 1.54) is 0 Å². The molecule has 0 spiro atoms. The summed E-state index contributed by atoms with van der Waals surface area (Å²) in [4.78, 5) is 11.9. The van der Waals surface area contributed by atoms with Crippen molar-refractivity contribution in [2.24, 2.45) is 0 Å². The molecule has 1 fully saturated rings. The highest BCUT2D eigenvalue weighted by Gasteiger charge is 2.31. The minimum absolute atomic E-state index is 0.0316. The molecule has 1 aromatic rings. The third-order valence-corrected chi connectivity index (χ3v) is 3.03. The van der Waals surface area contributed by atoms with Crippen LogP contribution in [-0.2, 0) is 9.47 Å². The molecular weight excluding hydrogens is 263 g/mol. The van der Waals surface area contributed by atoms with Crippen LogP contribution in [0, 0.1) is 0 Å².